The Hall–Kier alpha value is -2.94. The molecule has 3 amide bonds. The minimum absolute atomic E-state index is 0.0152. The molecule has 2 N–H and O–H groups in total. The van der Waals surface area contributed by atoms with E-state index in [1.807, 2.05) is 0 Å². The lowest BCUT2D eigenvalue weighted by molar-refractivity contribution is -0.124. The van der Waals surface area contributed by atoms with Crippen molar-refractivity contribution in [2.75, 3.05) is 13.1 Å². The number of imide groups is 1. The molecule has 9 heteroatoms. The fourth-order valence-electron chi connectivity index (χ4n) is 2.46. The van der Waals surface area contributed by atoms with Gasteiger partial charge in [-0.1, -0.05) is 12.1 Å². The Morgan fingerprint density at radius 3 is 2.78 bits per heavy atom. The molecule has 1 aromatic carbocycles. The van der Waals surface area contributed by atoms with Crippen molar-refractivity contribution in [3.8, 4) is 0 Å². The van der Waals surface area contributed by atoms with Gasteiger partial charge in [-0.3, -0.25) is 19.3 Å². The summed E-state index contributed by atoms with van der Waals surface area (Å²) in [6.07, 6.45) is 5.43. The van der Waals surface area contributed by atoms with Crippen molar-refractivity contribution in [2.24, 2.45) is 0 Å². The van der Waals surface area contributed by atoms with Crippen LogP contribution < -0.4 is 5.32 Å². The number of rotatable bonds is 7. The van der Waals surface area contributed by atoms with Gasteiger partial charge in [-0.2, -0.15) is 0 Å². The summed E-state index contributed by atoms with van der Waals surface area (Å²) in [7, 11) is 0. The summed E-state index contributed by atoms with van der Waals surface area (Å²) < 4.78 is 12.9. The lowest BCUT2D eigenvalue weighted by Crippen LogP contribution is -2.34. The van der Waals surface area contributed by atoms with Crippen molar-refractivity contribution < 1.29 is 18.8 Å². The van der Waals surface area contributed by atoms with E-state index in [4.69, 9.17) is 0 Å². The molecule has 1 aliphatic heterocycles. The number of nitrogens with one attached hydrogen (secondary N) is 2. The SMILES string of the molecule is O=C(CCN1C(=O)SC(=Cc2ccc(F)cc2)C1=O)NCCc1cnc[nH]1. The number of aromatic nitrogens is 2. The molecule has 2 aromatic rings. The first-order chi connectivity index (χ1) is 13.0. The number of carbonyl (C=O) groups excluding carboxylic acids is 3. The lowest BCUT2D eigenvalue weighted by atomic mass is 10.2. The number of amides is 3. The highest BCUT2D eigenvalue weighted by Gasteiger charge is 2.34. The lowest BCUT2D eigenvalue weighted by Gasteiger charge is -2.12. The van der Waals surface area contributed by atoms with E-state index in [0.717, 1.165) is 22.4 Å². The van der Waals surface area contributed by atoms with Crippen molar-refractivity contribution in [1.29, 1.82) is 0 Å². The van der Waals surface area contributed by atoms with Gasteiger partial charge in [-0.15, -0.1) is 0 Å². The molecule has 1 aliphatic rings. The van der Waals surface area contributed by atoms with E-state index in [2.05, 4.69) is 15.3 Å². The molecule has 1 saturated heterocycles. The first kappa shape index (κ1) is 18.8. The monoisotopic (exact) mass is 388 g/mol. The standard InChI is InChI=1S/C18H17FN4O3S/c19-13-3-1-12(2-4-13)9-15-17(25)23(18(26)27-15)8-6-16(24)21-7-5-14-10-20-11-22-14/h1-4,9-11H,5-8H2,(H,20,22)(H,21,24). The second-order valence-corrected chi connectivity index (χ2v) is 6.80. The van der Waals surface area contributed by atoms with E-state index in [0.29, 0.717) is 18.5 Å². The van der Waals surface area contributed by atoms with Crippen LogP contribution in [0.25, 0.3) is 6.08 Å². The van der Waals surface area contributed by atoms with Gasteiger partial charge in [-0.05, 0) is 35.5 Å². The molecule has 0 aliphatic carbocycles. The Morgan fingerprint density at radius 2 is 2.07 bits per heavy atom. The third-order valence-electron chi connectivity index (χ3n) is 3.88. The number of halogens is 1. The number of thioether (sulfide) groups is 1. The van der Waals surface area contributed by atoms with Crippen LogP contribution in [0, 0.1) is 5.82 Å². The van der Waals surface area contributed by atoms with Crippen LogP contribution in [0.5, 0.6) is 0 Å². The highest BCUT2D eigenvalue weighted by Crippen LogP contribution is 2.32. The van der Waals surface area contributed by atoms with E-state index < -0.39 is 11.1 Å². The van der Waals surface area contributed by atoms with Crippen LogP contribution >= 0.6 is 11.8 Å². The fraction of sp³-hybridized carbons (Fsp3) is 0.222. The molecule has 27 heavy (non-hydrogen) atoms. The highest BCUT2D eigenvalue weighted by molar-refractivity contribution is 8.18. The zero-order valence-electron chi connectivity index (χ0n) is 14.3. The maximum Gasteiger partial charge on any atom is 0.293 e. The molecule has 0 spiro atoms. The minimum atomic E-state index is -0.445. The molecule has 1 fully saturated rings. The van der Waals surface area contributed by atoms with Gasteiger partial charge >= 0.3 is 0 Å². The molecule has 0 radical (unpaired) electrons. The van der Waals surface area contributed by atoms with Gasteiger partial charge in [-0.25, -0.2) is 9.37 Å². The van der Waals surface area contributed by atoms with Crippen LogP contribution in [-0.2, 0) is 16.0 Å². The molecule has 0 bridgehead atoms. The quantitative estimate of drug-likeness (QED) is 0.710. The molecular formula is C18H17FN4O3S. The van der Waals surface area contributed by atoms with Gasteiger partial charge < -0.3 is 10.3 Å². The largest absolute Gasteiger partial charge is 0.356 e. The summed E-state index contributed by atoms with van der Waals surface area (Å²) in [5.41, 5.74) is 1.53. The van der Waals surface area contributed by atoms with Gasteiger partial charge in [0, 0.05) is 37.8 Å². The first-order valence-electron chi connectivity index (χ1n) is 8.28. The minimum Gasteiger partial charge on any atom is -0.356 e. The average molecular weight is 388 g/mol. The smallest absolute Gasteiger partial charge is 0.293 e. The van der Waals surface area contributed by atoms with Crippen LogP contribution in [0.2, 0.25) is 0 Å². The number of hydrogen-bond acceptors (Lipinski definition) is 5. The van der Waals surface area contributed by atoms with Gasteiger partial charge in [0.1, 0.15) is 5.82 Å². The summed E-state index contributed by atoms with van der Waals surface area (Å²) in [5.74, 6) is -1.06. The van der Waals surface area contributed by atoms with E-state index in [1.165, 1.54) is 30.3 Å². The van der Waals surface area contributed by atoms with Gasteiger partial charge in [0.05, 0.1) is 11.2 Å². The number of nitrogens with zero attached hydrogens (tertiary/aromatic N) is 2. The van der Waals surface area contributed by atoms with Crippen LogP contribution in [0.15, 0.2) is 41.7 Å². The Morgan fingerprint density at radius 1 is 1.30 bits per heavy atom. The van der Waals surface area contributed by atoms with Crippen LogP contribution in [-0.4, -0.2) is 45.0 Å². The zero-order chi connectivity index (χ0) is 19.2. The normalized spacial score (nSPS) is 15.6. The van der Waals surface area contributed by atoms with Gasteiger partial charge in [0.15, 0.2) is 0 Å². The van der Waals surface area contributed by atoms with Crippen molar-refractivity contribution in [1.82, 2.24) is 20.2 Å². The number of aromatic amines is 1. The van der Waals surface area contributed by atoms with Crippen LogP contribution in [0.3, 0.4) is 0 Å². The summed E-state index contributed by atoms with van der Waals surface area (Å²) >= 11 is 0.811. The topological polar surface area (TPSA) is 95.2 Å². The molecule has 7 nitrogen and oxygen atoms in total. The number of imidazole rings is 1. The number of benzene rings is 1. The van der Waals surface area contributed by atoms with Crippen molar-refractivity contribution >= 4 is 34.9 Å². The fourth-order valence-corrected chi connectivity index (χ4v) is 3.33. The summed E-state index contributed by atoms with van der Waals surface area (Å²) in [6, 6.07) is 5.61. The van der Waals surface area contributed by atoms with E-state index in [-0.39, 0.29) is 29.6 Å². The van der Waals surface area contributed by atoms with Crippen molar-refractivity contribution in [3.63, 3.8) is 0 Å². The molecule has 0 unspecified atom stereocenters. The molecule has 3 rings (SSSR count). The van der Waals surface area contributed by atoms with Crippen LogP contribution in [0.4, 0.5) is 9.18 Å². The van der Waals surface area contributed by atoms with Gasteiger partial charge in [0.25, 0.3) is 11.1 Å². The predicted octanol–water partition coefficient (Wildman–Crippen LogP) is 2.33. The summed E-state index contributed by atoms with van der Waals surface area (Å²) in [6.45, 7) is 0.453. The van der Waals surface area contributed by atoms with Crippen molar-refractivity contribution in [3.05, 3.63) is 58.8 Å². The molecule has 0 saturated carbocycles. The number of hydrogen-bond donors (Lipinski definition) is 2. The number of carbonyl (C=O) groups is 3. The maximum absolute atomic E-state index is 12.9. The Bertz CT molecular complexity index is 865. The predicted molar refractivity (Wildman–Crippen MR) is 99.0 cm³/mol. The third-order valence-corrected chi connectivity index (χ3v) is 4.78. The van der Waals surface area contributed by atoms with E-state index in [9.17, 15) is 18.8 Å². The Labute approximate surface area is 159 Å². The second-order valence-electron chi connectivity index (χ2n) is 5.81. The summed E-state index contributed by atoms with van der Waals surface area (Å²) in [4.78, 5) is 44.5. The molecule has 0 atom stereocenters. The van der Waals surface area contributed by atoms with Gasteiger partial charge in [0.2, 0.25) is 5.91 Å². The Kier molecular flexibility index (Phi) is 6.02. The average Bonchev–Trinajstić information content (AvgIpc) is 3.24. The first-order valence-corrected chi connectivity index (χ1v) is 9.09. The van der Waals surface area contributed by atoms with E-state index in [1.54, 1.807) is 12.5 Å². The molecule has 1 aromatic heterocycles. The highest BCUT2D eigenvalue weighted by atomic mass is 32.2. The Balaban J connectivity index is 1.49. The maximum atomic E-state index is 12.9. The molecule has 140 valence electrons. The molecule has 2 heterocycles. The summed E-state index contributed by atoms with van der Waals surface area (Å²) in [5, 5.41) is 2.32. The van der Waals surface area contributed by atoms with Crippen molar-refractivity contribution in [2.45, 2.75) is 12.8 Å². The zero-order valence-corrected chi connectivity index (χ0v) is 15.1. The van der Waals surface area contributed by atoms with Crippen LogP contribution in [0.1, 0.15) is 17.7 Å². The number of H-pyrrole nitrogens is 1. The molecular weight excluding hydrogens is 371 g/mol. The third kappa shape index (κ3) is 5.04. The second kappa shape index (κ2) is 8.63. The van der Waals surface area contributed by atoms with E-state index >= 15 is 0 Å².